The molecule has 1 N–H and O–H groups in total. The maximum absolute atomic E-state index is 12.6. The van der Waals surface area contributed by atoms with Gasteiger partial charge in [-0.3, -0.25) is 4.79 Å². The molecule has 1 amide bonds. The Morgan fingerprint density at radius 3 is 2.96 bits per heavy atom. The first-order chi connectivity index (χ1) is 12.4. The van der Waals surface area contributed by atoms with E-state index in [2.05, 4.69) is 19.6 Å². The number of carbonyl (C=O) groups excluding carboxylic acids is 1. The predicted octanol–water partition coefficient (Wildman–Crippen LogP) is 3.02. The minimum atomic E-state index is -0.232. The van der Waals surface area contributed by atoms with E-state index in [0.717, 1.165) is 41.7 Å². The van der Waals surface area contributed by atoms with Gasteiger partial charge in [0.25, 0.3) is 0 Å². The summed E-state index contributed by atoms with van der Waals surface area (Å²) in [4.78, 5) is 19.4. The van der Waals surface area contributed by atoms with Crippen LogP contribution in [0.1, 0.15) is 45.0 Å². The van der Waals surface area contributed by atoms with Crippen LogP contribution in [0.25, 0.3) is 0 Å². The van der Waals surface area contributed by atoms with Crippen molar-refractivity contribution in [3.05, 3.63) is 35.7 Å². The number of carbonyl (C=O) groups is 1. The van der Waals surface area contributed by atoms with Crippen molar-refractivity contribution in [3.63, 3.8) is 0 Å². The Hall–Kier alpha value is -2.15. The normalized spacial score (nSPS) is 17.4. The zero-order chi connectivity index (χ0) is 18.7. The van der Waals surface area contributed by atoms with E-state index in [1.807, 2.05) is 45.0 Å². The number of nitrogens with one attached hydrogen (secondary N) is 1. The van der Waals surface area contributed by atoms with Crippen LogP contribution < -0.4 is 15.0 Å². The van der Waals surface area contributed by atoms with Crippen molar-refractivity contribution < 1.29 is 9.53 Å². The quantitative estimate of drug-likeness (QED) is 0.871. The lowest BCUT2D eigenvalue weighted by molar-refractivity contribution is -0.123. The van der Waals surface area contributed by atoms with Gasteiger partial charge in [-0.15, -0.1) is 0 Å². The van der Waals surface area contributed by atoms with Crippen molar-refractivity contribution >= 4 is 22.6 Å². The average Bonchev–Trinajstić information content (AvgIpc) is 3.22. The van der Waals surface area contributed by atoms with Crippen LogP contribution in [0.15, 0.2) is 24.3 Å². The fourth-order valence-corrected chi connectivity index (χ4v) is 3.88. The predicted molar refractivity (Wildman–Crippen MR) is 104 cm³/mol. The van der Waals surface area contributed by atoms with Crippen LogP contribution >= 0.6 is 11.5 Å². The monoisotopic (exact) mass is 374 g/mol. The summed E-state index contributed by atoms with van der Waals surface area (Å²) >= 11 is 1.37. The van der Waals surface area contributed by atoms with E-state index in [4.69, 9.17) is 4.74 Å². The Labute approximate surface area is 158 Å². The number of nitrogens with zero attached hydrogens (tertiary/aromatic N) is 3. The Balaban J connectivity index is 1.71. The van der Waals surface area contributed by atoms with Crippen molar-refractivity contribution in [1.82, 2.24) is 14.7 Å². The highest BCUT2D eigenvalue weighted by Gasteiger charge is 2.34. The van der Waals surface area contributed by atoms with Gasteiger partial charge in [0.05, 0.1) is 7.11 Å². The second kappa shape index (κ2) is 7.61. The van der Waals surface area contributed by atoms with Gasteiger partial charge in [0, 0.05) is 30.0 Å². The Morgan fingerprint density at radius 2 is 2.23 bits per heavy atom. The lowest BCUT2D eigenvalue weighted by atomic mass is 10.1. The number of ether oxygens (including phenoxy) is 1. The molecule has 26 heavy (non-hydrogen) atoms. The zero-order valence-corrected chi connectivity index (χ0v) is 16.6. The Bertz CT molecular complexity index is 769. The highest BCUT2D eigenvalue weighted by Crippen LogP contribution is 2.28. The van der Waals surface area contributed by atoms with E-state index >= 15 is 0 Å². The van der Waals surface area contributed by atoms with Crippen LogP contribution in [0.3, 0.4) is 0 Å². The summed E-state index contributed by atoms with van der Waals surface area (Å²) in [5.41, 5.74) is 0.876. The first kappa shape index (κ1) is 18.6. The summed E-state index contributed by atoms with van der Waals surface area (Å²) in [5, 5.41) is 3.91. The maximum Gasteiger partial charge on any atom is 0.243 e. The summed E-state index contributed by atoms with van der Waals surface area (Å²) in [7, 11) is 1.66. The molecule has 1 unspecified atom stereocenters. The van der Waals surface area contributed by atoms with Gasteiger partial charge in [-0.1, -0.05) is 12.1 Å². The molecule has 0 saturated carbocycles. The number of rotatable bonds is 5. The average molecular weight is 375 g/mol. The molecule has 140 valence electrons. The third-order valence-electron chi connectivity index (χ3n) is 4.25. The molecule has 1 aliphatic heterocycles. The lowest BCUT2D eigenvalue weighted by Crippen LogP contribution is -2.50. The van der Waals surface area contributed by atoms with Crippen molar-refractivity contribution in [2.45, 2.75) is 51.6 Å². The third kappa shape index (κ3) is 4.52. The van der Waals surface area contributed by atoms with Crippen LogP contribution in [0.2, 0.25) is 0 Å². The number of benzene rings is 1. The van der Waals surface area contributed by atoms with Crippen LogP contribution in [-0.4, -0.2) is 40.5 Å². The van der Waals surface area contributed by atoms with E-state index in [0.29, 0.717) is 6.42 Å². The molecule has 0 spiro atoms. The smallest absolute Gasteiger partial charge is 0.243 e. The minimum Gasteiger partial charge on any atom is -0.497 e. The van der Waals surface area contributed by atoms with E-state index in [9.17, 15) is 4.79 Å². The molecule has 7 heteroatoms. The van der Waals surface area contributed by atoms with Gasteiger partial charge < -0.3 is 15.0 Å². The van der Waals surface area contributed by atoms with Gasteiger partial charge >= 0.3 is 0 Å². The van der Waals surface area contributed by atoms with E-state index in [-0.39, 0.29) is 17.5 Å². The van der Waals surface area contributed by atoms with Crippen molar-refractivity contribution in [1.29, 1.82) is 0 Å². The molecular weight excluding hydrogens is 348 g/mol. The number of amides is 1. The summed E-state index contributed by atoms with van der Waals surface area (Å²) in [6, 6.07) is 7.77. The lowest BCUT2D eigenvalue weighted by Gasteiger charge is -2.27. The van der Waals surface area contributed by atoms with Gasteiger partial charge in [-0.25, -0.2) is 4.98 Å². The van der Waals surface area contributed by atoms with E-state index in [1.54, 1.807) is 7.11 Å². The molecule has 2 aromatic rings. The summed E-state index contributed by atoms with van der Waals surface area (Å²) < 4.78 is 9.76. The van der Waals surface area contributed by atoms with E-state index < -0.39 is 0 Å². The fourth-order valence-electron chi connectivity index (χ4n) is 3.12. The molecule has 1 aromatic heterocycles. The molecule has 1 fully saturated rings. The number of aromatic nitrogens is 2. The summed E-state index contributed by atoms with van der Waals surface area (Å²) in [6.45, 7) is 6.85. The van der Waals surface area contributed by atoms with Gasteiger partial charge in [0.1, 0.15) is 17.6 Å². The Morgan fingerprint density at radius 1 is 1.42 bits per heavy atom. The topological polar surface area (TPSA) is 67.3 Å². The van der Waals surface area contributed by atoms with Crippen LogP contribution in [-0.2, 0) is 11.2 Å². The molecule has 3 rings (SSSR count). The van der Waals surface area contributed by atoms with Gasteiger partial charge in [0.2, 0.25) is 11.0 Å². The fraction of sp³-hybridized carbons (Fsp3) is 0.526. The number of hydrogen-bond donors (Lipinski definition) is 1. The van der Waals surface area contributed by atoms with Crippen LogP contribution in [0.5, 0.6) is 5.75 Å². The number of anilines is 1. The highest BCUT2D eigenvalue weighted by atomic mass is 32.1. The number of hydrogen-bond acceptors (Lipinski definition) is 6. The first-order valence-corrected chi connectivity index (χ1v) is 9.67. The molecule has 0 radical (unpaired) electrons. The molecule has 1 aliphatic rings. The molecule has 1 aromatic carbocycles. The highest BCUT2D eigenvalue weighted by molar-refractivity contribution is 7.09. The molecule has 1 atom stereocenters. The number of methoxy groups -OCH3 is 1. The summed E-state index contributed by atoms with van der Waals surface area (Å²) in [6.07, 6.45) is 2.50. The SMILES string of the molecule is COc1cccc(Cc2nsc(N3CCCC3C(=O)NC(C)(C)C)n2)c1. The van der Waals surface area contributed by atoms with Gasteiger partial charge in [-0.05, 0) is 51.3 Å². The maximum atomic E-state index is 12.6. The summed E-state index contributed by atoms with van der Waals surface area (Å²) in [5.74, 6) is 1.68. The van der Waals surface area contributed by atoms with Crippen LogP contribution in [0.4, 0.5) is 5.13 Å². The molecule has 0 aliphatic carbocycles. The Kier molecular flexibility index (Phi) is 5.46. The first-order valence-electron chi connectivity index (χ1n) is 8.90. The van der Waals surface area contributed by atoms with Gasteiger partial charge in [-0.2, -0.15) is 4.37 Å². The van der Waals surface area contributed by atoms with Gasteiger partial charge in [0.15, 0.2) is 0 Å². The molecule has 1 saturated heterocycles. The molecule has 0 bridgehead atoms. The molecule has 6 nitrogen and oxygen atoms in total. The van der Waals surface area contributed by atoms with Crippen LogP contribution in [0, 0.1) is 0 Å². The van der Waals surface area contributed by atoms with E-state index in [1.165, 1.54) is 11.5 Å². The van der Waals surface area contributed by atoms with Crippen molar-refractivity contribution in [3.8, 4) is 5.75 Å². The second-order valence-corrected chi connectivity index (χ2v) is 8.34. The zero-order valence-electron chi connectivity index (χ0n) is 15.8. The minimum absolute atomic E-state index is 0.0690. The van der Waals surface area contributed by atoms with Crippen molar-refractivity contribution in [2.24, 2.45) is 0 Å². The largest absolute Gasteiger partial charge is 0.497 e. The molecular formula is C19H26N4O2S. The third-order valence-corrected chi connectivity index (χ3v) is 5.04. The standard InChI is InChI=1S/C19H26N4O2S/c1-19(2,3)21-17(24)15-9-6-10-23(15)18-20-16(22-26-18)12-13-7-5-8-14(11-13)25-4/h5,7-8,11,15H,6,9-10,12H2,1-4H3,(H,21,24). The second-order valence-electron chi connectivity index (χ2n) is 7.61. The molecule has 2 heterocycles. The van der Waals surface area contributed by atoms with Crippen molar-refractivity contribution in [2.75, 3.05) is 18.6 Å².